The van der Waals surface area contributed by atoms with Crippen LogP contribution < -0.4 is 10.2 Å². The molecular formula is C26H29N3O. The third-order valence-electron chi connectivity index (χ3n) is 6.03. The number of anilines is 2. The van der Waals surface area contributed by atoms with E-state index in [-0.39, 0.29) is 11.1 Å². The molecule has 154 valence electrons. The maximum absolute atomic E-state index is 12.7. The zero-order valence-electron chi connectivity index (χ0n) is 18.8. The van der Waals surface area contributed by atoms with E-state index in [4.69, 9.17) is 0 Å². The van der Waals surface area contributed by atoms with E-state index in [1.165, 1.54) is 5.57 Å². The molecule has 0 spiro atoms. The van der Waals surface area contributed by atoms with Crippen molar-refractivity contribution in [2.45, 2.75) is 47.1 Å². The number of fused-ring (bicyclic) bond motifs is 1. The van der Waals surface area contributed by atoms with E-state index in [1.807, 2.05) is 39.0 Å². The number of likely N-dealkylation sites (N-methyl/N-ethyl adjacent to an activating group) is 1. The first-order chi connectivity index (χ1) is 14.0. The van der Waals surface area contributed by atoms with Crippen molar-refractivity contribution >= 4 is 28.9 Å². The Labute approximate surface area is 179 Å². The first-order valence-corrected chi connectivity index (χ1v) is 10.1. The summed E-state index contributed by atoms with van der Waals surface area (Å²) >= 11 is 0. The second kappa shape index (κ2) is 7.84. The van der Waals surface area contributed by atoms with Crippen LogP contribution in [-0.4, -0.2) is 18.5 Å². The second-order valence-corrected chi connectivity index (χ2v) is 8.69. The maximum Gasteiger partial charge on any atom is 0.266 e. The Morgan fingerprint density at radius 1 is 1.07 bits per heavy atom. The molecule has 0 saturated carbocycles. The van der Waals surface area contributed by atoms with Gasteiger partial charge in [-0.1, -0.05) is 12.1 Å². The van der Waals surface area contributed by atoms with Gasteiger partial charge < -0.3 is 10.2 Å². The van der Waals surface area contributed by atoms with Crippen molar-refractivity contribution in [1.29, 1.82) is 5.26 Å². The van der Waals surface area contributed by atoms with Crippen LogP contribution in [0.2, 0.25) is 0 Å². The highest BCUT2D eigenvalue weighted by Gasteiger charge is 2.28. The van der Waals surface area contributed by atoms with Gasteiger partial charge in [-0.15, -0.1) is 0 Å². The fraction of sp³-hybridized carbons (Fsp3) is 0.308. The number of nitrogens with zero attached hydrogens (tertiary/aromatic N) is 2. The molecule has 3 rings (SSSR count). The number of allylic oxidation sites excluding steroid dienone is 1. The summed E-state index contributed by atoms with van der Waals surface area (Å²) < 4.78 is 0. The van der Waals surface area contributed by atoms with E-state index in [2.05, 4.69) is 62.3 Å². The van der Waals surface area contributed by atoms with E-state index in [0.29, 0.717) is 5.69 Å². The van der Waals surface area contributed by atoms with Gasteiger partial charge in [0.1, 0.15) is 11.6 Å². The summed E-state index contributed by atoms with van der Waals surface area (Å²) in [4.78, 5) is 15.0. The molecule has 0 fully saturated rings. The molecule has 4 heteroatoms. The Morgan fingerprint density at radius 2 is 1.77 bits per heavy atom. The minimum atomic E-state index is -0.400. The van der Waals surface area contributed by atoms with Crippen molar-refractivity contribution in [2.24, 2.45) is 0 Å². The Bertz CT molecular complexity index is 1130. The molecule has 0 aromatic heterocycles. The van der Waals surface area contributed by atoms with Crippen molar-refractivity contribution in [1.82, 2.24) is 0 Å². The first kappa shape index (κ1) is 21.4. The van der Waals surface area contributed by atoms with E-state index in [9.17, 15) is 10.1 Å². The number of aryl methyl sites for hydroxylation is 3. The monoisotopic (exact) mass is 399 g/mol. The summed E-state index contributed by atoms with van der Waals surface area (Å²) in [5.74, 6) is -0.400. The van der Waals surface area contributed by atoms with Crippen LogP contribution in [0.5, 0.6) is 0 Å². The minimum Gasteiger partial charge on any atom is -0.365 e. The predicted octanol–water partition coefficient (Wildman–Crippen LogP) is 5.79. The van der Waals surface area contributed by atoms with Crippen molar-refractivity contribution in [3.63, 3.8) is 0 Å². The molecule has 0 unspecified atom stereocenters. The van der Waals surface area contributed by atoms with Crippen LogP contribution in [0.15, 0.2) is 42.0 Å². The standard InChI is InChI=1S/C26H29N3O/c1-16-8-9-22(10-17(16)2)28-25(30)21(15-27)12-20-13-23-19(4)14-26(5,6)29(7)24(23)11-18(20)3/h8-14H,1-7H3,(H,28,30)/b21-12+. The number of carbonyl (C=O) groups is 1. The lowest BCUT2D eigenvalue weighted by Crippen LogP contribution is -2.42. The molecular weight excluding hydrogens is 370 g/mol. The molecule has 0 bridgehead atoms. The molecule has 1 amide bonds. The highest BCUT2D eigenvalue weighted by atomic mass is 16.1. The van der Waals surface area contributed by atoms with Crippen LogP contribution in [0, 0.1) is 32.1 Å². The number of rotatable bonds is 3. The number of benzene rings is 2. The molecule has 0 atom stereocenters. The maximum atomic E-state index is 12.7. The van der Waals surface area contributed by atoms with Crippen LogP contribution in [-0.2, 0) is 4.79 Å². The van der Waals surface area contributed by atoms with Gasteiger partial charge in [0.2, 0.25) is 0 Å². The SMILES string of the molecule is CC1=CC(C)(C)N(C)c2cc(C)c(/C=C(\C#N)C(=O)Nc3ccc(C)c(C)c3)cc21. The van der Waals surface area contributed by atoms with E-state index in [1.54, 1.807) is 6.08 Å². The van der Waals surface area contributed by atoms with Gasteiger partial charge in [0.25, 0.3) is 5.91 Å². The quantitative estimate of drug-likeness (QED) is 0.525. The van der Waals surface area contributed by atoms with Crippen LogP contribution in [0.3, 0.4) is 0 Å². The largest absolute Gasteiger partial charge is 0.365 e. The first-order valence-electron chi connectivity index (χ1n) is 10.1. The third-order valence-corrected chi connectivity index (χ3v) is 6.03. The number of hydrogen-bond donors (Lipinski definition) is 1. The highest BCUT2D eigenvalue weighted by Crippen LogP contribution is 2.39. The summed E-state index contributed by atoms with van der Waals surface area (Å²) in [5.41, 5.74) is 8.34. The number of nitrogens with one attached hydrogen (secondary N) is 1. The Morgan fingerprint density at radius 3 is 2.40 bits per heavy atom. The molecule has 4 nitrogen and oxygen atoms in total. The molecule has 1 aliphatic rings. The molecule has 0 aliphatic carbocycles. The van der Waals surface area contributed by atoms with Gasteiger partial charge in [-0.2, -0.15) is 5.26 Å². The average Bonchev–Trinajstić information content (AvgIpc) is 2.67. The van der Waals surface area contributed by atoms with Gasteiger partial charge in [0.05, 0.1) is 5.54 Å². The summed E-state index contributed by atoms with van der Waals surface area (Å²) in [5, 5.41) is 12.5. The molecule has 2 aromatic rings. The Kier molecular flexibility index (Phi) is 5.59. The molecule has 1 heterocycles. The Balaban J connectivity index is 1.96. The van der Waals surface area contributed by atoms with Crippen LogP contribution in [0.25, 0.3) is 11.6 Å². The number of carbonyl (C=O) groups excluding carboxylic acids is 1. The second-order valence-electron chi connectivity index (χ2n) is 8.69. The molecule has 30 heavy (non-hydrogen) atoms. The molecule has 0 radical (unpaired) electrons. The smallest absolute Gasteiger partial charge is 0.266 e. The van der Waals surface area contributed by atoms with Gasteiger partial charge in [-0.05, 0) is 99.7 Å². The molecule has 0 saturated heterocycles. The predicted molar refractivity (Wildman–Crippen MR) is 125 cm³/mol. The third kappa shape index (κ3) is 4.02. The van der Waals surface area contributed by atoms with E-state index in [0.717, 1.165) is 33.5 Å². The van der Waals surface area contributed by atoms with Crippen LogP contribution >= 0.6 is 0 Å². The van der Waals surface area contributed by atoms with Crippen LogP contribution in [0.4, 0.5) is 11.4 Å². The van der Waals surface area contributed by atoms with Gasteiger partial charge >= 0.3 is 0 Å². The number of amides is 1. The topological polar surface area (TPSA) is 56.1 Å². The highest BCUT2D eigenvalue weighted by molar-refractivity contribution is 6.10. The number of hydrogen-bond acceptors (Lipinski definition) is 3. The fourth-order valence-corrected chi connectivity index (χ4v) is 3.79. The fourth-order valence-electron chi connectivity index (χ4n) is 3.79. The van der Waals surface area contributed by atoms with Crippen molar-refractivity contribution < 1.29 is 4.79 Å². The summed E-state index contributed by atoms with van der Waals surface area (Å²) in [6, 6.07) is 12.0. The molecule has 1 aliphatic heterocycles. The normalized spacial score (nSPS) is 15.2. The minimum absolute atomic E-state index is 0.0647. The molecule has 1 N–H and O–H groups in total. The summed E-state index contributed by atoms with van der Waals surface area (Å²) in [6.45, 7) is 12.5. The van der Waals surface area contributed by atoms with Crippen molar-refractivity contribution in [3.05, 3.63) is 69.8 Å². The van der Waals surface area contributed by atoms with E-state index < -0.39 is 5.91 Å². The van der Waals surface area contributed by atoms with Crippen molar-refractivity contribution in [3.8, 4) is 6.07 Å². The van der Waals surface area contributed by atoms with Gasteiger partial charge in [0, 0.05) is 24.0 Å². The lowest BCUT2D eigenvalue weighted by molar-refractivity contribution is -0.112. The van der Waals surface area contributed by atoms with Crippen molar-refractivity contribution in [2.75, 3.05) is 17.3 Å². The van der Waals surface area contributed by atoms with E-state index >= 15 is 0 Å². The Hall–Kier alpha value is -3.32. The van der Waals surface area contributed by atoms with Gasteiger partial charge in [-0.3, -0.25) is 4.79 Å². The summed E-state index contributed by atoms with van der Waals surface area (Å²) in [6.07, 6.45) is 3.93. The van der Waals surface area contributed by atoms with Gasteiger partial charge in [0.15, 0.2) is 0 Å². The molecule has 2 aromatic carbocycles. The summed E-state index contributed by atoms with van der Waals surface area (Å²) in [7, 11) is 2.09. The zero-order chi connectivity index (χ0) is 22.2. The number of nitriles is 1. The lowest BCUT2D eigenvalue weighted by Gasteiger charge is -2.41. The van der Waals surface area contributed by atoms with Gasteiger partial charge in [-0.25, -0.2) is 0 Å². The zero-order valence-corrected chi connectivity index (χ0v) is 18.8. The lowest BCUT2D eigenvalue weighted by atomic mass is 9.87. The van der Waals surface area contributed by atoms with Crippen LogP contribution in [0.1, 0.15) is 48.6 Å². The average molecular weight is 400 g/mol.